The van der Waals surface area contributed by atoms with E-state index >= 15 is 0 Å². The van der Waals surface area contributed by atoms with E-state index in [2.05, 4.69) is 10.3 Å². The molecule has 0 bridgehead atoms. The second-order valence-corrected chi connectivity index (χ2v) is 3.15. The molecule has 0 aliphatic carbocycles. The van der Waals surface area contributed by atoms with E-state index in [-0.39, 0.29) is 0 Å². The van der Waals surface area contributed by atoms with Crippen LogP contribution in [-0.2, 0) is 7.05 Å². The molecule has 76 valence electrons. The number of aryl methyl sites for hydroxylation is 1. The standard InChI is InChI=1S/C10H9N3O2/c1-13-8-5-3-2-4-7(8)10(12-15)9(13)6-11-14/h2-6,14H,1H3. The number of hydrogen-bond acceptors (Lipinski definition) is 4. The minimum Gasteiger partial charge on any atom is -0.411 e. The molecule has 5 heteroatoms. The highest BCUT2D eigenvalue weighted by molar-refractivity contribution is 6.02. The van der Waals surface area contributed by atoms with Gasteiger partial charge in [-0.15, -0.1) is 4.91 Å². The molecule has 1 N–H and O–H groups in total. The fourth-order valence-electron chi connectivity index (χ4n) is 1.69. The lowest BCUT2D eigenvalue weighted by Gasteiger charge is -1.96. The van der Waals surface area contributed by atoms with E-state index in [0.717, 1.165) is 10.9 Å². The van der Waals surface area contributed by atoms with Gasteiger partial charge in [0.2, 0.25) is 0 Å². The smallest absolute Gasteiger partial charge is 0.142 e. The van der Waals surface area contributed by atoms with Crippen LogP contribution in [0.5, 0.6) is 0 Å². The molecule has 0 aliphatic heterocycles. The summed E-state index contributed by atoms with van der Waals surface area (Å²) in [5, 5.41) is 15.1. The number of para-hydroxylation sites is 1. The minimum absolute atomic E-state index is 0.297. The molecule has 1 aromatic heterocycles. The molecule has 0 fully saturated rings. The molecule has 0 saturated heterocycles. The van der Waals surface area contributed by atoms with Crippen molar-refractivity contribution in [1.82, 2.24) is 4.57 Å². The number of fused-ring (bicyclic) bond motifs is 1. The summed E-state index contributed by atoms with van der Waals surface area (Å²) >= 11 is 0. The molecule has 0 aliphatic rings. The summed E-state index contributed by atoms with van der Waals surface area (Å²) in [6.07, 6.45) is 1.21. The van der Waals surface area contributed by atoms with E-state index in [0.29, 0.717) is 11.4 Å². The van der Waals surface area contributed by atoms with Gasteiger partial charge in [0.05, 0.1) is 17.4 Å². The molecule has 0 amide bonds. The Morgan fingerprint density at radius 1 is 1.40 bits per heavy atom. The lowest BCUT2D eigenvalue weighted by atomic mass is 10.2. The maximum absolute atomic E-state index is 10.7. The zero-order valence-corrected chi connectivity index (χ0v) is 8.08. The molecule has 2 rings (SSSR count). The number of nitrogens with zero attached hydrogens (tertiary/aromatic N) is 3. The fraction of sp³-hybridized carbons (Fsp3) is 0.100. The summed E-state index contributed by atoms with van der Waals surface area (Å²) in [6.45, 7) is 0. The Morgan fingerprint density at radius 3 is 2.80 bits per heavy atom. The maximum Gasteiger partial charge on any atom is 0.142 e. The Balaban J connectivity index is 2.89. The van der Waals surface area contributed by atoms with Crippen molar-refractivity contribution >= 4 is 22.8 Å². The topological polar surface area (TPSA) is 66.9 Å². The second kappa shape index (κ2) is 3.53. The lowest BCUT2D eigenvalue weighted by molar-refractivity contribution is 0.321. The average Bonchev–Trinajstić information content (AvgIpc) is 2.54. The molecular formula is C10H9N3O2. The van der Waals surface area contributed by atoms with Crippen LogP contribution < -0.4 is 0 Å². The van der Waals surface area contributed by atoms with Gasteiger partial charge in [0.15, 0.2) is 0 Å². The molecule has 0 atom stereocenters. The Labute approximate surface area is 85.6 Å². The largest absolute Gasteiger partial charge is 0.411 e. The van der Waals surface area contributed by atoms with Gasteiger partial charge in [0.1, 0.15) is 5.69 Å². The molecule has 1 heterocycles. The lowest BCUT2D eigenvalue weighted by Crippen LogP contribution is -1.94. The highest BCUT2D eigenvalue weighted by atomic mass is 16.4. The molecule has 5 nitrogen and oxygen atoms in total. The molecule has 1 aromatic carbocycles. The van der Waals surface area contributed by atoms with Crippen LogP contribution in [0.15, 0.2) is 34.6 Å². The van der Waals surface area contributed by atoms with Gasteiger partial charge >= 0.3 is 0 Å². The zero-order chi connectivity index (χ0) is 10.8. The third-order valence-electron chi connectivity index (χ3n) is 2.40. The van der Waals surface area contributed by atoms with Crippen molar-refractivity contribution < 1.29 is 5.21 Å². The Kier molecular flexibility index (Phi) is 2.21. The van der Waals surface area contributed by atoms with E-state index in [9.17, 15) is 4.91 Å². The van der Waals surface area contributed by atoms with Crippen LogP contribution in [0, 0.1) is 4.91 Å². The average molecular weight is 203 g/mol. The van der Waals surface area contributed by atoms with Gasteiger partial charge in [-0.2, -0.15) is 0 Å². The highest BCUT2D eigenvalue weighted by Crippen LogP contribution is 2.31. The Morgan fingerprint density at radius 2 is 2.13 bits per heavy atom. The first-order chi connectivity index (χ1) is 7.29. The van der Waals surface area contributed by atoms with Crippen LogP contribution in [0.4, 0.5) is 5.69 Å². The monoisotopic (exact) mass is 203 g/mol. The van der Waals surface area contributed by atoms with Gasteiger partial charge in [0, 0.05) is 12.4 Å². The molecule has 2 aromatic rings. The first-order valence-electron chi connectivity index (χ1n) is 4.37. The van der Waals surface area contributed by atoms with Crippen molar-refractivity contribution in [2.75, 3.05) is 0 Å². The van der Waals surface area contributed by atoms with Crippen LogP contribution in [-0.4, -0.2) is 16.0 Å². The molecule has 0 spiro atoms. The summed E-state index contributed by atoms with van der Waals surface area (Å²) in [5.74, 6) is 0. The highest BCUT2D eigenvalue weighted by Gasteiger charge is 2.13. The van der Waals surface area contributed by atoms with Gasteiger partial charge < -0.3 is 9.77 Å². The first kappa shape index (κ1) is 9.39. The van der Waals surface area contributed by atoms with Gasteiger partial charge in [0.25, 0.3) is 0 Å². The summed E-state index contributed by atoms with van der Waals surface area (Å²) in [6, 6.07) is 7.38. The van der Waals surface area contributed by atoms with Gasteiger partial charge in [-0.3, -0.25) is 0 Å². The van der Waals surface area contributed by atoms with Crippen molar-refractivity contribution in [3.63, 3.8) is 0 Å². The van der Waals surface area contributed by atoms with Crippen LogP contribution in [0.3, 0.4) is 0 Å². The quantitative estimate of drug-likeness (QED) is 0.352. The molecule has 0 saturated carbocycles. The van der Waals surface area contributed by atoms with Crippen molar-refractivity contribution in [3.8, 4) is 0 Å². The van der Waals surface area contributed by atoms with Crippen LogP contribution in [0.25, 0.3) is 10.9 Å². The molecule has 0 radical (unpaired) electrons. The number of aromatic nitrogens is 1. The maximum atomic E-state index is 10.7. The molecule has 0 unspecified atom stereocenters. The number of nitroso groups, excluding NO2 is 1. The van der Waals surface area contributed by atoms with Crippen molar-refractivity contribution in [3.05, 3.63) is 34.9 Å². The van der Waals surface area contributed by atoms with Crippen LogP contribution in [0.2, 0.25) is 0 Å². The Hall–Kier alpha value is -2.17. The summed E-state index contributed by atoms with van der Waals surface area (Å²) in [7, 11) is 1.79. The van der Waals surface area contributed by atoms with Gasteiger partial charge in [-0.25, -0.2) is 0 Å². The van der Waals surface area contributed by atoms with E-state index in [1.165, 1.54) is 6.21 Å². The number of oxime groups is 1. The first-order valence-corrected chi connectivity index (χ1v) is 4.37. The molecular weight excluding hydrogens is 194 g/mol. The van der Waals surface area contributed by atoms with Crippen molar-refractivity contribution in [2.24, 2.45) is 17.4 Å². The third-order valence-corrected chi connectivity index (χ3v) is 2.40. The van der Waals surface area contributed by atoms with Crippen LogP contribution >= 0.6 is 0 Å². The summed E-state index contributed by atoms with van der Waals surface area (Å²) in [5.41, 5.74) is 1.67. The van der Waals surface area contributed by atoms with E-state index in [1.54, 1.807) is 17.7 Å². The van der Waals surface area contributed by atoms with Crippen LogP contribution in [0.1, 0.15) is 5.69 Å². The number of hydrogen-bond donors (Lipinski definition) is 1. The number of rotatable bonds is 2. The van der Waals surface area contributed by atoms with Crippen molar-refractivity contribution in [1.29, 1.82) is 0 Å². The minimum atomic E-state index is 0.297. The summed E-state index contributed by atoms with van der Waals surface area (Å²) < 4.78 is 1.76. The van der Waals surface area contributed by atoms with E-state index in [4.69, 9.17) is 5.21 Å². The zero-order valence-electron chi connectivity index (χ0n) is 8.08. The SMILES string of the molecule is Cn1c(C=NO)c(N=O)c2ccccc21. The normalized spacial score (nSPS) is 11.3. The van der Waals surface area contributed by atoms with E-state index < -0.39 is 0 Å². The predicted octanol–water partition coefficient (Wildman–Crippen LogP) is 2.38. The van der Waals surface area contributed by atoms with Gasteiger partial charge in [-0.1, -0.05) is 23.4 Å². The second-order valence-electron chi connectivity index (χ2n) is 3.15. The summed E-state index contributed by atoms with van der Waals surface area (Å²) in [4.78, 5) is 10.7. The molecule has 15 heavy (non-hydrogen) atoms. The van der Waals surface area contributed by atoms with E-state index in [1.807, 2.05) is 18.2 Å². The van der Waals surface area contributed by atoms with Crippen molar-refractivity contribution in [2.45, 2.75) is 0 Å². The fourth-order valence-corrected chi connectivity index (χ4v) is 1.69. The third kappa shape index (κ3) is 1.28. The number of benzene rings is 1. The Bertz CT molecular complexity index is 543. The predicted molar refractivity (Wildman–Crippen MR) is 57.8 cm³/mol. The van der Waals surface area contributed by atoms with Gasteiger partial charge in [-0.05, 0) is 11.2 Å².